The average molecular weight is 330 g/mol. The first kappa shape index (κ1) is 20.4. The number of aliphatic imine (C=N–C) groups is 1. The van der Waals surface area contributed by atoms with Crippen LogP contribution in [-0.4, -0.2) is 30.5 Å². The largest absolute Gasteiger partial charge is 0.357 e. The van der Waals surface area contributed by atoms with Crippen LogP contribution < -0.4 is 0 Å². The lowest BCUT2D eigenvalue weighted by Crippen LogP contribution is -2.40. The van der Waals surface area contributed by atoms with Crippen LogP contribution in [0.3, 0.4) is 0 Å². The van der Waals surface area contributed by atoms with Gasteiger partial charge in [-0.15, -0.1) is 0 Å². The zero-order chi connectivity index (χ0) is 18.1. The first-order chi connectivity index (χ1) is 11.4. The van der Waals surface area contributed by atoms with Crippen molar-refractivity contribution in [2.75, 3.05) is 7.05 Å². The third kappa shape index (κ3) is 5.77. The van der Waals surface area contributed by atoms with E-state index in [-0.39, 0.29) is 0 Å². The number of unbranched alkanes of at least 4 members (excludes halogenated alkanes) is 1. The van der Waals surface area contributed by atoms with Gasteiger partial charge >= 0.3 is 0 Å². The van der Waals surface area contributed by atoms with Crippen molar-refractivity contribution < 1.29 is 0 Å². The molecule has 1 N–H and O–H groups in total. The molecule has 0 aromatic carbocycles. The summed E-state index contributed by atoms with van der Waals surface area (Å²) >= 11 is 0. The van der Waals surface area contributed by atoms with Crippen molar-refractivity contribution in [1.29, 1.82) is 5.41 Å². The summed E-state index contributed by atoms with van der Waals surface area (Å²) in [6, 6.07) is 0.437. The lowest BCUT2D eigenvalue weighted by Gasteiger charge is -2.36. The first-order valence-electron chi connectivity index (χ1n) is 9.26. The van der Waals surface area contributed by atoms with Gasteiger partial charge in [-0.25, -0.2) is 0 Å². The standard InChI is InChI=1S/C21H35N3/c1-7-9-11-17(4)15-20(23-5)19(8-2)21(22)24(6)18-13-10-12-16(3)14-18/h8,15-16,18,22H,2,5,7,9-14H2,1,3-4,6H3/b17-15+,20-19-,22-21?. The lowest BCUT2D eigenvalue weighted by molar-refractivity contribution is 0.231. The summed E-state index contributed by atoms with van der Waals surface area (Å²) in [5, 5.41) is 8.65. The summed E-state index contributed by atoms with van der Waals surface area (Å²) in [6.07, 6.45) is 12.1. The molecule has 0 radical (unpaired) electrons. The molecular weight excluding hydrogens is 294 g/mol. The van der Waals surface area contributed by atoms with Crippen LogP contribution in [0.15, 0.2) is 40.6 Å². The van der Waals surface area contributed by atoms with Crippen LogP contribution >= 0.6 is 0 Å². The second-order valence-corrected chi connectivity index (χ2v) is 7.14. The van der Waals surface area contributed by atoms with E-state index in [0.717, 1.165) is 36.5 Å². The molecule has 2 atom stereocenters. The number of hydrogen-bond donors (Lipinski definition) is 1. The molecule has 1 rings (SSSR count). The highest BCUT2D eigenvalue weighted by Crippen LogP contribution is 2.28. The van der Waals surface area contributed by atoms with E-state index >= 15 is 0 Å². The molecule has 0 spiro atoms. The molecule has 0 aromatic heterocycles. The maximum Gasteiger partial charge on any atom is 0.130 e. The van der Waals surface area contributed by atoms with Gasteiger partial charge in [0.2, 0.25) is 0 Å². The molecule has 0 aromatic rings. The molecule has 1 aliphatic carbocycles. The number of amidine groups is 1. The second-order valence-electron chi connectivity index (χ2n) is 7.14. The maximum absolute atomic E-state index is 8.65. The minimum Gasteiger partial charge on any atom is -0.357 e. The van der Waals surface area contributed by atoms with Crippen molar-refractivity contribution in [2.24, 2.45) is 10.9 Å². The zero-order valence-electron chi connectivity index (χ0n) is 16.1. The third-order valence-electron chi connectivity index (χ3n) is 5.02. The fourth-order valence-electron chi connectivity index (χ4n) is 3.42. The molecule has 24 heavy (non-hydrogen) atoms. The van der Waals surface area contributed by atoms with Crippen LogP contribution in [0.4, 0.5) is 0 Å². The molecule has 1 aliphatic rings. The summed E-state index contributed by atoms with van der Waals surface area (Å²) in [6.45, 7) is 14.3. The van der Waals surface area contributed by atoms with Crippen molar-refractivity contribution in [3.63, 3.8) is 0 Å². The van der Waals surface area contributed by atoms with Crippen molar-refractivity contribution in [3.05, 3.63) is 35.6 Å². The molecule has 0 heterocycles. The molecule has 1 fully saturated rings. The maximum atomic E-state index is 8.65. The average Bonchev–Trinajstić information content (AvgIpc) is 2.58. The van der Waals surface area contributed by atoms with Crippen LogP contribution in [0, 0.1) is 11.3 Å². The Bertz CT molecular complexity index is 513. The Morgan fingerprint density at radius 1 is 1.38 bits per heavy atom. The monoisotopic (exact) mass is 329 g/mol. The molecule has 0 amide bonds. The Morgan fingerprint density at radius 3 is 2.62 bits per heavy atom. The number of nitrogens with zero attached hydrogens (tertiary/aromatic N) is 2. The van der Waals surface area contributed by atoms with Gasteiger partial charge in [0.05, 0.1) is 5.70 Å². The van der Waals surface area contributed by atoms with E-state index in [1.165, 1.54) is 31.3 Å². The van der Waals surface area contributed by atoms with E-state index in [1.807, 2.05) is 7.05 Å². The fraction of sp³-hybridized carbons (Fsp3) is 0.619. The Balaban J connectivity index is 2.99. The minimum atomic E-state index is 0.437. The molecule has 134 valence electrons. The number of likely N-dealkylation sites (N-methyl/N-ethyl adjacent to an activating group) is 1. The van der Waals surface area contributed by atoms with Crippen LogP contribution in [0.1, 0.15) is 65.7 Å². The molecule has 0 aliphatic heterocycles. The van der Waals surface area contributed by atoms with Crippen molar-refractivity contribution in [3.8, 4) is 0 Å². The predicted octanol–water partition coefficient (Wildman–Crippen LogP) is 5.75. The normalized spacial score (nSPS) is 22.6. The Kier molecular flexibility index (Phi) is 8.73. The minimum absolute atomic E-state index is 0.437. The van der Waals surface area contributed by atoms with Gasteiger partial charge in [-0.1, -0.05) is 51.3 Å². The summed E-state index contributed by atoms with van der Waals surface area (Å²) in [5.74, 6) is 1.24. The Hall–Kier alpha value is -1.64. The van der Waals surface area contributed by atoms with E-state index in [2.05, 4.69) is 50.0 Å². The smallest absolute Gasteiger partial charge is 0.130 e. The van der Waals surface area contributed by atoms with E-state index in [9.17, 15) is 0 Å². The Morgan fingerprint density at radius 2 is 2.08 bits per heavy atom. The highest BCUT2D eigenvalue weighted by molar-refractivity contribution is 5.99. The van der Waals surface area contributed by atoms with Gasteiger partial charge in [0.15, 0.2) is 0 Å². The van der Waals surface area contributed by atoms with Crippen molar-refractivity contribution in [1.82, 2.24) is 4.90 Å². The highest BCUT2D eigenvalue weighted by atomic mass is 15.2. The molecule has 0 saturated heterocycles. The topological polar surface area (TPSA) is 39.5 Å². The molecule has 2 unspecified atom stereocenters. The van der Waals surface area contributed by atoms with Crippen molar-refractivity contribution >= 4 is 12.6 Å². The van der Waals surface area contributed by atoms with Gasteiger partial charge in [0.25, 0.3) is 0 Å². The van der Waals surface area contributed by atoms with E-state index in [1.54, 1.807) is 6.08 Å². The van der Waals surface area contributed by atoms with Crippen molar-refractivity contribution in [2.45, 2.75) is 71.8 Å². The number of allylic oxidation sites excluding steroid dienone is 2. The highest BCUT2D eigenvalue weighted by Gasteiger charge is 2.25. The SMILES string of the molecule is C=C/C(C(=N)N(C)C1CCCC(C)C1)=C(\C=C(/C)CCCC)N=C. The van der Waals surface area contributed by atoms with Crippen LogP contribution in [0.5, 0.6) is 0 Å². The second kappa shape index (κ2) is 10.3. The molecule has 0 bridgehead atoms. The van der Waals surface area contributed by atoms with Gasteiger partial charge in [-0.2, -0.15) is 0 Å². The van der Waals surface area contributed by atoms with E-state index in [4.69, 9.17) is 5.41 Å². The number of rotatable bonds is 8. The summed E-state index contributed by atoms with van der Waals surface area (Å²) in [4.78, 5) is 6.29. The van der Waals surface area contributed by atoms with E-state index in [0.29, 0.717) is 11.9 Å². The van der Waals surface area contributed by atoms with Crippen LogP contribution in [-0.2, 0) is 0 Å². The van der Waals surface area contributed by atoms with Gasteiger partial charge in [-0.3, -0.25) is 10.4 Å². The van der Waals surface area contributed by atoms with Gasteiger partial charge in [0.1, 0.15) is 5.84 Å². The predicted molar refractivity (Wildman–Crippen MR) is 107 cm³/mol. The van der Waals surface area contributed by atoms with Gasteiger partial charge in [0, 0.05) is 18.7 Å². The summed E-state index contributed by atoms with van der Waals surface area (Å²) in [7, 11) is 2.03. The fourth-order valence-corrected chi connectivity index (χ4v) is 3.42. The number of hydrogen-bond acceptors (Lipinski definition) is 2. The zero-order valence-corrected chi connectivity index (χ0v) is 16.1. The molecule has 1 saturated carbocycles. The summed E-state index contributed by atoms with van der Waals surface area (Å²) < 4.78 is 0. The van der Waals surface area contributed by atoms with Gasteiger partial charge < -0.3 is 4.90 Å². The molecule has 3 nitrogen and oxygen atoms in total. The Labute approximate surface area is 148 Å². The van der Waals surface area contributed by atoms with Gasteiger partial charge in [-0.05, 0) is 51.3 Å². The summed E-state index contributed by atoms with van der Waals surface area (Å²) in [5.41, 5.74) is 2.82. The number of nitrogens with one attached hydrogen (secondary N) is 1. The van der Waals surface area contributed by atoms with Crippen LogP contribution in [0.25, 0.3) is 0 Å². The van der Waals surface area contributed by atoms with E-state index < -0.39 is 0 Å². The first-order valence-corrected chi connectivity index (χ1v) is 9.26. The molecular formula is C21H35N3. The van der Waals surface area contributed by atoms with Crippen LogP contribution in [0.2, 0.25) is 0 Å². The lowest BCUT2D eigenvalue weighted by atomic mass is 9.86. The third-order valence-corrected chi connectivity index (χ3v) is 5.02. The molecule has 3 heteroatoms. The quantitative estimate of drug-likeness (QED) is 0.344.